The molecule has 0 radical (unpaired) electrons. The minimum Gasteiger partial charge on any atom is -0.487 e. The second-order valence-corrected chi connectivity index (χ2v) is 4.05. The second-order valence-electron chi connectivity index (χ2n) is 4.05. The molecule has 0 bridgehead atoms. The van der Waals surface area contributed by atoms with Crippen molar-refractivity contribution in [2.75, 3.05) is 7.11 Å². The number of rotatable bonds is 6. The Bertz CT molecular complexity index is 638. The Kier molecular flexibility index (Phi) is 4.87. The van der Waals surface area contributed by atoms with Gasteiger partial charge in [-0.3, -0.25) is 4.98 Å². The molecule has 6 heteroatoms. The summed E-state index contributed by atoms with van der Waals surface area (Å²) in [6, 6.07) is 7.06. The third-order valence-corrected chi connectivity index (χ3v) is 2.59. The first-order valence-electron chi connectivity index (χ1n) is 6.17. The summed E-state index contributed by atoms with van der Waals surface area (Å²) in [5.74, 6) is 0.0839. The number of aliphatic carboxylic acids is 1. The van der Waals surface area contributed by atoms with Gasteiger partial charge in [0.25, 0.3) is 0 Å². The Labute approximate surface area is 121 Å². The van der Waals surface area contributed by atoms with Crippen LogP contribution < -0.4 is 9.47 Å². The topological polar surface area (TPSA) is 81.5 Å². The number of aromatic nitrogens is 2. The minimum atomic E-state index is -1.01. The van der Waals surface area contributed by atoms with E-state index in [1.54, 1.807) is 31.5 Å². The van der Waals surface area contributed by atoms with Crippen molar-refractivity contribution in [3.63, 3.8) is 0 Å². The minimum absolute atomic E-state index is 0.309. The molecule has 6 nitrogen and oxygen atoms in total. The molecule has 2 aromatic heterocycles. The molecular weight excluding hydrogens is 272 g/mol. The van der Waals surface area contributed by atoms with Crippen molar-refractivity contribution in [1.82, 2.24) is 9.97 Å². The van der Waals surface area contributed by atoms with E-state index >= 15 is 0 Å². The second kappa shape index (κ2) is 7.04. The van der Waals surface area contributed by atoms with E-state index in [-0.39, 0.29) is 0 Å². The van der Waals surface area contributed by atoms with Crippen LogP contribution in [0, 0.1) is 0 Å². The van der Waals surface area contributed by atoms with Crippen molar-refractivity contribution < 1.29 is 19.4 Å². The van der Waals surface area contributed by atoms with E-state index in [4.69, 9.17) is 14.6 Å². The van der Waals surface area contributed by atoms with Crippen molar-refractivity contribution in [1.29, 1.82) is 0 Å². The molecule has 2 heterocycles. The van der Waals surface area contributed by atoms with E-state index in [2.05, 4.69) is 9.97 Å². The average molecular weight is 286 g/mol. The zero-order chi connectivity index (χ0) is 15.1. The molecule has 2 rings (SSSR count). The summed E-state index contributed by atoms with van der Waals surface area (Å²) < 4.78 is 10.7. The summed E-state index contributed by atoms with van der Waals surface area (Å²) >= 11 is 0. The van der Waals surface area contributed by atoms with Crippen molar-refractivity contribution in [2.45, 2.75) is 6.61 Å². The Balaban J connectivity index is 1.99. The maximum atomic E-state index is 10.4. The van der Waals surface area contributed by atoms with E-state index in [9.17, 15) is 4.79 Å². The molecule has 0 saturated carbocycles. The molecule has 1 N–H and O–H groups in total. The first kappa shape index (κ1) is 14.5. The molecule has 0 aliphatic carbocycles. The van der Waals surface area contributed by atoms with Crippen LogP contribution in [-0.4, -0.2) is 28.2 Å². The SMILES string of the molecule is COc1ncccc1COc1ccc(/C=C/C(=O)O)nc1. The number of hydrogen-bond donors (Lipinski definition) is 1. The van der Waals surface area contributed by atoms with Gasteiger partial charge in [0.1, 0.15) is 12.4 Å². The molecule has 0 atom stereocenters. The maximum absolute atomic E-state index is 10.4. The standard InChI is InChI=1S/C15H14N2O4/c1-20-15-11(3-2-8-16-15)10-21-13-6-4-12(17-9-13)5-7-14(18)19/h2-9H,10H2,1H3,(H,18,19)/b7-5+. The first-order chi connectivity index (χ1) is 10.2. The number of carboxylic acids is 1. The van der Waals surface area contributed by atoms with Gasteiger partial charge >= 0.3 is 5.97 Å². The zero-order valence-corrected chi connectivity index (χ0v) is 11.4. The predicted octanol–water partition coefficient (Wildman–Crippen LogP) is 2.16. The van der Waals surface area contributed by atoms with Crippen molar-refractivity contribution in [3.05, 3.63) is 54.0 Å². The highest BCUT2D eigenvalue weighted by Gasteiger charge is 2.04. The molecule has 0 fully saturated rings. The van der Waals surface area contributed by atoms with Gasteiger partial charge in [0.15, 0.2) is 0 Å². The monoisotopic (exact) mass is 286 g/mol. The van der Waals surface area contributed by atoms with Crippen molar-refractivity contribution in [2.24, 2.45) is 0 Å². The third kappa shape index (κ3) is 4.31. The molecule has 0 aliphatic rings. The van der Waals surface area contributed by atoms with E-state index in [0.717, 1.165) is 11.6 Å². The molecular formula is C15H14N2O4. The van der Waals surface area contributed by atoms with Crippen LogP contribution in [0.5, 0.6) is 11.6 Å². The van der Waals surface area contributed by atoms with Gasteiger partial charge in [0.05, 0.1) is 24.6 Å². The summed E-state index contributed by atoms with van der Waals surface area (Å²) in [5.41, 5.74) is 1.37. The van der Waals surface area contributed by atoms with Gasteiger partial charge in [-0.05, 0) is 30.3 Å². The van der Waals surface area contributed by atoms with Crippen LogP contribution >= 0.6 is 0 Å². The Morgan fingerprint density at radius 2 is 2.19 bits per heavy atom. The molecule has 0 spiro atoms. The Morgan fingerprint density at radius 1 is 1.33 bits per heavy atom. The van der Waals surface area contributed by atoms with Gasteiger partial charge in [-0.25, -0.2) is 9.78 Å². The lowest BCUT2D eigenvalue weighted by molar-refractivity contribution is -0.131. The lowest BCUT2D eigenvalue weighted by Crippen LogP contribution is -2.00. The number of ether oxygens (including phenoxy) is 2. The molecule has 108 valence electrons. The fourth-order valence-electron chi connectivity index (χ4n) is 1.61. The summed E-state index contributed by atoms with van der Waals surface area (Å²) in [6.45, 7) is 0.309. The third-order valence-electron chi connectivity index (χ3n) is 2.59. The highest BCUT2D eigenvalue weighted by Crippen LogP contribution is 2.17. The van der Waals surface area contributed by atoms with E-state index in [1.165, 1.54) is 12.3 Å². The van der Waals surface area contributed by atoms with Crippen LogP contribution in [0.4, 0.5) is 0 Å². The molecule has 0 unspecified atom stereocenters. The summed E-state index contributed by atoms with van der Waals surface area (Å²) in [4.78, 5) is 18.6. The lowest BCUT2D eigenvalue weighted by Gasteiger charge is -2.08. The average Bonchev–Trinajstić information content (AvgIpc) is 2.52. The van der Waals surface area contributed by atoms with Crippen LogP contribution in [-0.2, 0) is 11.4 Å². The normalized spacial score (nSPS) is 10.5. The predicted molar refractivity (Wildman–Crippen MR) is 76.0 cm³/mol. The number of carboxylic acid groups (broad SMARTS) is 1. The van der Waals surface area contributed by atoms with E-state index in [1.807, 2.05) is 6.07 Å². The van der Waals surface area contributed by atoms with Gasteiger partial charge in [-0.1, -0.05) is 0 Å². The smallest absolute Gasteiger partial charge is 0.328 e. The lowest BCUT2D eigenvalue weighted by atomic mass is 10.3. The van der Waals surface area contributed by atoms with Gasteiger partial charge in [0, 0.05) is 12.3 Å². The molecule has 21 heavy (non-hydrogen) atoms. The largest absolute Gasteiger partial charge is 0.487 e. The zero-order valence-electron chi connectivity index (χ0n) is 11.4. The summed E-state index contributed by atoms with van der Waals surface area (Å²) in [6.07, 6.45) is 5.62. The number of carbonyl (C=O) groups is 1. The molecule has 0 aromatic carbocycles. The van der Waals surface area contributed by atoms with Gasteiger partial charge in [-0.2, -0.15) is 0 Å². The van der Waals surface area contributed by atoms with Crippen LogP contribution in [0.25, 0.3) is 6.08 Å². The number of hydrogen-bond acceptors (Lipinski definition) is 5. The van der Waals surface area contributed by atoms with Crippen LogP contribution in [0.2, 0.25) is 0 Å². The highest BCUT2D eigenvalue weighted by molar-refractivity contribution is 5.84. The van der Waals surface area contributed by atoms with Gasteiger partial charge in [0.2, 0.25) is 5.88 Å². The van der Waals surface area contributed by atoms with E-state index in [0.29, 0.717) is 23.9 Å². The van der Waals surface area contributed by atoms with Crippen LogP contribution in [0.1, 0.15) is 11.3 Å². The summed E-state index contributed by atoms with van der Waals surface area (Å²) in [7, 11) is 1.55. The molecule has 2 aromatic rings. The number of nitrogens with zero attached hydrogens (tertiary/aromatic N) is 2. The fraction of sp³-hybridized carbons (Fsp3) is 0.133. The van der Waals surface area contributed by atoms with Crippen LogP contribution in [0.15, 0.2) is 42.7 Å². The quantitative estimate of drug-likeness (QED) is 0.819. The highest BCUT2D eigenvalue weighted by atomic mass is 16.5. The fourth-order valence-corrected chi connectivity index (χ4v) is 1.61. The Hall–Kier alpha value is -2.89. The summed E-state index contributed by atoms with van der Waals surface area (Å²) in [5, 5.41) is 8.53. The Morgan fingerprint density at radius 3 is 2.86 bits per heavy atom. The number of pyridine rings is 2. The molecule has 0 aliphatic heterocycles. The van der Waals surface area contributed by atoms with Crippen molar-refractivity contribution in [3.8, 4) is 11.6 Å². The maximum Gasteiger partial charge on any atom is 0.328 e. The van der Waals surface area contributed by atoms with Crippen molar-refractivity contribution >= 4 is 12.0 Å². The van der Waals surface area contributed by atoms with E-state index < -0.39 is 5.97 Å². The van der Waals surface area contributed by atoms with Crippen LogP contribution in [0.3, 0.4) is 0 Å². The molecule has 0 amide bonds. The first-order valence-corrected chi connectivity index (χ1v) is 6.17. The molecule has 0 saturated heterocycles. The number of methoxy groups -OCH3 is 1. The van der Waals surface area contributed by atoms with Gasteiger partial charge < -0.3 is 14.6 Å². The van der Waals surface area contributed by atoms with Gasteiger partial charge in [-0.15, -0.1) is 0 Å².